The molecule has 0 spiro atoms. The molecule has 0 bridgehead atoms. The summed E-state index contributed by atoms with van der Waals surface area (Å²) in [6.07, 6.45) is 3.89. The molecule has 1 aromatic heterocycles. The molecular weight excluding hydrogens is 453 g/mol. The number of halogens is 1. The first-order valence-electron chi connectivity index (χ1n) is 11.6. The quantitative estimate of drug-likeness (QED) is 0.423. The predicted molar refractivity (Wildman–Crippen MR) is 128 cm³/mol. The smallest absolute Gasteiger partial charge is 0.228 e. The summed E-state index contributed by atoms with van der Waals surface area (Å²) in [6.45, 7) is 4.61. The van der Waals surface area contributed by atoms with Crippen LogP contribution in [-0.2, 0) is 33.5 Å². The third-order valence-corrected chi connectivity index (χ3v) is 7.46. The van der Waals surface area contributed by atoms with Gasteiger partial charge in [0.2, 0.25) is 20.9 Å². The standard InChI is InChI=1S/C26H30FN3O3S/c1-19(2)14-25(31)29(22-12-13-22)17-23-15-28-26(30(23)16-20-8-4-3-5-9-20)34(32,33)18-21-10-6-7-11-24(21)27/h3-11,15,19,22H,12-14,16-18H2,1-2H3. The number of rotatable bonds is 10. The first kappa shape index (κ1) is 24.1. The van der Waals surface area contributed by atoms with Crippen molar-refractivity contribution in [3.8, 4) is 0 Å². The lowest BCUT2D eigenvalue weighted by molar-refractivity contribution is -0.133. The lowest BCUT2D eigenvalue weighted by Gasteiger charge is -2.24. The minimum atomic E-state index is -3.94. The molecule has 0 atom stereocenters. The lowest BCUT2D eigenvalue weighted by Crippen LogP contribution is -2.34. The summed E-state index contributed by atoms with van der Waals surface area (Å²) in [5.41, 5.74) is 1.67. The van der Waals surface area contributed by atoms with Crippen LogP contribution in [0.5, 0.6) is 0 Å². The second-order valence-corrected chi connectivity index (χ2v) is 11.2. The summed E-state index contributed by atoms with van der Waals surface area (Å²) < 4.78 is 42.6. The Morgan fingerprint density at radius 3 is 2.44 bits per heavy atom. The van der Waals surface area contributed by atoms with Crippen LogP contribution < -0.4 is 0 Å². The van der Waals surface area contributed by atoms with Gasteiger partial charge in [0, 0.05) is 18.0 Å². The van der Waals surface area contributed by atoms with E-state index in [-0.39, 0.29) is 28.6 Å². The first-order valence-corrected chi connectivity index (χ1v) is 13.2. The van der Waals surface area contributed by atoms with Crippen molar-refractivity contribution in [3.63, 3.8) is 0 Å². The van der Waals surface area contributed by atoms with Gasteiger partial charge >= 0.3 is 0 Å². The van der Waals surface area contributed by atoms with Gasteiger partial charge in [-0.05, 0) is 30.4 Å². The van der Waals surface area contributed by atoms with Gasteiger partial charge in [-0.15, -0.1) is 0 Å². The van der Waals surface area contributed by atoms with Crippen molar-refractivity contribution in [2.45, 2.75) is 63.2 Å². The number of sulfone groups is 1. The van der Waals surface area contributed by atoms with Crippen LogP contribution in [0.3, 0.4) is 0 Å². The number of hydrogen-bond donors (Lipinski definition) is 0. The average Bonchev–Trinajstić information content (AvgIpc) is 3.54. The highest BCUT2D eigenvalue weighted by atomic mass is 32.2. The topological polar surface area (TPSA) is 72.3 Å². The van der Waals surface area contributed by atoms with Crippen molar-refractivity contribution < 1.29 is 17.6 Å². The number of carbonyl (C=O) groups is 1. The molecule has 0 radical (unpaired) electrons. The van der Waals surface area contributed by atoms with Gasteiger partial charge in [0.25, 0.3) is 0 Å². The zero-order valence-corrected chi connectivity index (χ0v) is 20.3. The number of hydrogen-bond acceptors (Lipinski definition) is 4. The monoisotopic (exact) mass is 483 g/mol. The van der Waals surface area contributed by atoms with E-state index < -0.39 is 21.4 Å². The van der Waals surface area contributed by atoms with Crippen LogP contribution in [0.15, 0.2) is 66.0 Å². The summed E-state index contributed by atoms with van der Waals surface area (Å²) >= 11 is 0. The Hall–Kier alpha value is -3.00. The van der Waals surface area contributed by atoms with Crippen molar-refractivity contribution in [2.24, 2.45) is 5.92 Å². The minimum absolute atomic E-state index is 0.0701. The molecule has 1 saturated carbocycles. The van der Waals surface area contributed by atoms with Crippen molar-refractivity contribution in [2.75, 3.05) is 0 Å². The molecule has 1 aliphatic carbocycles. The third kappa shape index (κ3) is 5.73. The Balaban J connectivity index is 1.70. The minimum Gasteiger partial charge on any atom is -0.334 e. The van der Waals surface area contributed by atoms with Crippen molar-refractivity contribution in [1.29, 1.82) is 0 Å². The van der Waals surface area contributed by atoms with E-state index in [0.29, 0.717) is 25.2 Å². The summed E-state index contributed by atoms with van der Waals surface area (Å²) in [4.78, 5) is 19.1. The van der Waals surface area contributed by atoms with Crippen LogP contribution in [-0.4, -0.2) is 34.8 Å². The van der Waals surface area contributed by atoms with Gasteiger partial charge in [-0.2, -0.15) is 0 Å². The van der Waals surface area contributed by atoms with E-state index in [1.54, 1.807) is 10.6 Å². The molecule has 0 saturated heterocycles. The highest BCUT2D eigenvalue weighted by molar-refractivity contribution is 7.90. The van der Waals surface area contributed by atoms with E-state index in [9.17, 15) is 17.6 Å². The van der Waals surface area contributed by atoms with E-state index >= 15 is 0 Å². The molecule has 0 unspecified atom stereocenters. The maximum absolute atomic E-state index is 14.2. The first-order chi connectivity index (χ1) is 16.2. The summed E-state index contributed by atoms with van der Waals surface area (Å²) in [6, 6.07) is 15.6. The molecule has 0 aliphatic heterocycles. The van der Waals surface area contributed by atoms with Gasteiger partial charge in [-0.1, -0.05) is 62.4 Å². The molecule has 34 heavy (non-hydrogen) atoms. The molecule has 6 nitrogen and oxygen atoms in total. The third-order valence-electron chi connectivity index (χ3n) is 5.89. The molecule has 180 valence electrons. The molecule has 1 fully saturated rings. The summed E-state index contributed by atoms with van der Waals surface area (Å²) in [7, 11) is -3.94. The van der Waals surface area contributed by atoms with Gasteiger partial charge < -0.3 is 9.47 Å². The molecule has 4 rings (SSSR count). The molecular formula is C26H30FN3O3S. The fourth-order valence-corrected chi connectivity index (χ4v) is 5.54. The molecule has 0 N–H and O–H groups in total. The highest BCUT2D eigenvalue weighted by Crippen LogP contribution is 2.30. The van der Waals surface area contributed by atoms with Crippen molar-refractivity contribution in [1.82, 2.24) is 14.5 Å². The van der Waals surface area contributed by atoms with Crippen LogP contribution in [0.25, 0.3) is 0 Å². The van der Waals surface area contributed by atoms with Gasteiger partial charge in [0.1, 0.15) is 5.82 Å². The Morgan fingerprint density at radius 2 is 1.79 bits per heavy atom. The zero-order chi connectivity index (χ0) is 24.3. The van der Waals surface area contributed by atoms with E-state index in [1.807, 2.05) is 49.1 Å². The van der Waals surface area contributed by atoms with Gasteiger partial charge in [-0.25, -0.2) is 17.8 Å². The predicted octanol–water partition coefficient (Wildman–Crippen LogP) is 4.58. The molecule has 1 heterocycles. The summed E-state index contributed by atoms with van der Waals surface area (Å²) in [5.74, 6) is -0.740. The molecule has 1 aliphatic rings. The SMILES string of the molecule is CC(C)CC(=O)N(Cc1cnc(S(=O)(=O)Cc2ccccc2F)n1Cc1ccccc1)C1CC1. The number of nitrogens with zero attached hydrogens (tertiary/aromatic N) is 3. The maximum Gasteiger partial charge on any atom is 0.228 e. The fraction of sp³-hybridized carbons (Fsp3) is 0.385. The molecule has 1 amide bonds. The average molecular weight is 484 g/mol. The number of imidazole rings is 1. The Labute approximate surface area is 200 Å². The van der Waals surface area contributed by atoms with Crippen molar-refractivity contribution in [3.05, 3.63) is 83.4 Å². The Kier molecular flexibility index (Phi) is 7.16. The zero-order valence-electron chi connectivity index (χ0n) is 19.5. The fourth-order valence-electron chi connectivity index (χ4n) is 4.03. The second kappa shape index (κ2) is 10.1. The molecule has 3 aromatic rings. The van der Waals surface area contributed by atoms with Crippen LogP contribution in [0, 0.1) is 11.7 Å². The van der Waals surface area contributed by atoms with Crippen LogP contribution in [0.4, 0.5) is 4.39 Å². The van der Waals surface area contributed by atoms with Gasteiger partial charge in [-0.3, -0.25) is 4.79 Å². The highest BCUT2D eigenvalue weighted by Gasteiger charge is 2.34. The summed E-state index contributed by atoms with van der Waals surface area (Å²) in [5, 5.41) is -0.110. The second-order valence-electron chi connectivity index (χ2n) is 9.31. The van der Waals surface area contributed by atoms with Crippen molar-refractivity contribution >= 4 is 15.7 Å². The number of amides is 1. The van der Waals surface area contributed by atoms with Gasteiger partial charge in [0.15, 0.2) is 0 Å². The number of carbonyl (C=O) groups excluding carboxylic acids is 1. The van der Waals surface area contributed by atoms with E-state index in [1.165, 1.54) is 24.4 Å². The lowest BCUT2D eigenvalue weighted by atomic mass is 10.1. The van der Waals surface area contributed by atoms with Crippen LogP contribution in [0.2, 0.25) is 0 Å². The molecule has 2 aromatic carbocycles. The van der Waals surface area contributed by atoms with Crippen LogP contribution >= 0.6 is 0 Å². The maximum atomic E-state index is 14.2. The largest absolute Gasteiger partial charge is 0.334 e. The van der Waals surface area contributed by atoms with Gasteiger partial charge in [0.05, 0.1) is 30.7 Å². The number of benzene rings is 2. The molecule has 8 heteroatoms. The number of aromatic nitrogens is 2. The van der Waals surface area contributed by atoms with Crippen LogP contribution in [0.1, 0.15) is 49.9 Å². The normalized spacial score (nSPS) is 13.9. The Morgan fingerprint density at radius 1 is 1.12 bits per heavy atom. The Bertz CT molecular complexity index is 1250. The van der Waals surface area contributed by atoms with E-state index in [0.717, 1.165) is 18.4 Å². The van der Waals surface area contributed by atoms with E-state index in [2.05, 4.69) is 4.98 Å². The van der Waals surface area contributed by atoms with E-state index in [4.69, 9.17) is 0 Å².